The molecule has 3 aromatic rings. The van der Waals surface area contributed by atoms with Gasteiger partial charge in [-0.2, -0.15) is 0 Å². The van der Waals surface area contributed by atoms with Crippen LogP contribution in [0, 0.1) is 10.1 Å². The van der Waals surface area contributed by atoms with Crippen LogP contribution in [-0.4, -0.2) is 27.8 Å². The number of urea groups is 1. The second kappa shape index (κ2) is 7.95. The molecule has 11 heteroatoms. The minimum absolute atomic E-state index is 0.0887. The molecular weight excluding hydrogens is 472 g/mol. The van der Waals surface area contributed by atoms with Crippen molar-refractivity contribution in [3.8, 4) is 11.3 Å². The lowest BCUT2D eigenvalue weighted by atomic mass is 10.1. The fourth-order valence-electron chi connectivity index (χ4n) is 2.91. The summed E-state index contributed by atoms with van der Waals surface area (Å²) < 4.78 is 6.13. The Morgan fingerprint density at radius 1 is 1.16 bits per heavy atom. The number of carbonyl (C=O) groups excluding carboxylic acids is 3. The minimum Gasteiger partial charge on any atom is -0.457 e. The maximum absolute atomic E-state index is 12.8. The number of hydrogen-bond acceptors (Lipinski definition) is 7. The molecule has 1 aromatic carbocycles. The summed E-state index contributed by atoms with van der Waals surface area (Å²) in [5.41, 5.74) is 0.362. The van der Waals surface area contributed by atoms with Crippen molar-refractivity contribution >= 4 is 51.2 Å². The first-order valence-electron chi connectivity index (χ1n) is 8.71. The van der Waals surface area contributed by atoms with E-state index >= 15 is 0 Å². The zero-order valence-electron chi connectivity index (χ0n) is 15.4. The molecule has 0 atom stereocenters. The number of nitro groups is 1. The summed E-state index contributed by atoms with van der Waals surface area (Å²) in [6, 6.07) is 9.48. The second-order valence-electron chi connectivity index (χ2n) is 6.29. The van der Waals surface area contributed by atoms with Crippen molar-refractivity contribution in [2.24, 2.45) is 0 Å². The Hall–Kier alpha value is -4.12. The molecule has 0 bridgehead atoms. The number of benzene rings is 1. The summed E-state index contributed by atoms with van der Waals surface area (Å²) in [6.45, 7) is 0. The Bertz CT molecular complexity index is 1270. The lowest BCUT2D eigenvalue weighted by Gasteiger charge is -2.25. The van der Waals surface area contributed by atoms with Gasteiger partial charge < -0.3 is 4.42 Å². The number of pyridine rings is 1. The minimum atomic E-state index is -0.880. The van der Waals surface area contributed by atoms with E-state index in [1.807, 2.05) is 0 Å². The molecule has 10 nitrogen and oxygen atoms in total. The smallest absolute Gasteiger partial charge is 0.336 e. The molecule has 1 saturated heterocycles. The highest BCUT2D eigenvalue weighted by Gasteiger charge is 2.37. The summed E-state index contributed by atoms with van der Waals surface area (Å²) in [6.07, 6.45) is 4.02. The lowest BCUT2D eigenvalue weighted by molar-refractivity contribution is -0.384. The Balaban J connectivity index is 1.67. The van der Waals surface area contributed by atoms with Gasteiger partial charge in [-0.3, -0.25) is 30.0 Å². The van der Waals surface area contributed by atoms with Gasteiger partial charge in [0, 0.05) is 28.4 Å². The Morgan fingerprint density at radius 3 is 2.65 bits per heavy atom. The number of nitrogens with one attached hydrogen (secondary N) is 1. The number of rotatable bonds is 4. The predicted octanol–water partition coefficient (Wildman–Crippen LogP) is 3.68. The number of nitrogens with zero attached hydrogens (tertiary/aromatic N) is 3. The van der Waals surface area contributed by atoms with Crippen molar-refractivity contribution < 1.29 is 23.7 Å². The highest BCUT2D eigenvalue weighted by Crippen LogP contribution is 2.33. The number of non-ortho nitro benzene ring substituents is 1. The number of furan rings is 1. The van der Waals surface area contributed by atoms with Crippen LogP contribution in [0.5, 0.6) is 0 Å². The quantitative estimate of drug-likeness (QED) is 0.259. The van der Waals surface area contributed by atoms with Crippen LogP contribution in [0.2, 0.25) is 0 Å². The molecule has 4 amide bonds. The topological polar surface area (TPSA) is 136 Å². The number of barbiturate groups is 1. The van der Waals surface area contributed by atoms with Gasteiger partial charge in [-0.15, -0.1) is 0 Å². The van der Waals surface area contributed by atoms with Crippen LogP contribution in [0.1, 0.15) is 5.76 Å². The van der Waals surface area contributed by atoms with Crippen molar-refractivity contribution in [1.82, 2.24) is 10.3 Å². The predicted molar refractivity (Wildman–Crippen MR) is 112 cm³/mol. The van der Waals surface area contributed by atoms with E-state index in [2.05, 4.69) is 26.2 Å². The molecule has 0 aliphatic carbocycles. The molecule has 1 N–H and O–H groups in total. The first-order chi connectivity index (χ1) is 14.8. The molecular formula is C20H11BrN4O6. The third kappa shape index (κ3) is 3.85. The number of amides is 4. The third-order valence-electron chi connectivity index (χ3n) is 4.35. The Morgan fingerprint density at radius 2 is 1.97 bits per heavy atom. The van der Waals surface area contributed by atoms with Gasteiger partial charge in [-0.1, -0.05) is 0 Å². The van der Waals surface area contributed by atoms with Gasteiger partial charge in [0.15, 0.2) is 0 Å². The van der Waals surface area contributed by atoms with Gasteiger partial charge in [0.2, 0.25) is 0 Å². The second-order valence-corrected chi connectivity index (χ2v) is 7.15. The van der Waals surface area contributed by atoms with E-state index in [9.17, 15) is 24.5 Å². The first-order valence-corrected chi connectivity index (χ1v) is 9.50. The average molecular weight is 483 g/mol. The molecule has 0 unspecified atom stereocenters. The number of imide groups is 2. The molecule has 4 rings (SSSR count). The number of nitro benzene ring substituents is 1. The van der Waals surface area contributed by atoms with E-state index in [0.717, 1.165) is 4.90 Å². The van der Waals surface area contributed by atoms with Crippen LogP contribution in [0.4, 0.5) is 16.2 Å². The van der Waals surface area contributed by atoms with Gasteiger partial charge in [0.25, 0.3) is 17.5 Å². The molecule has 3 heterocycles. The van der Waals surface area contributed by atoms with Gasteiger partial charge >= 0.3 is 6.03 Å². The van der Waals surface area contributed by atoms with Crippen molar-refractivity contribution in [3.05, 3.63) is 80.8 Å². The van der Waals surface area contributed by atoms with Crippen molar-refractivity contribution in [3.63, 3.8) is 0 Å². The summed E-state index contributed by atoms with van der Waals surface area (Å²) in [5.74, 6) is -1.14. The molecule has 154 valence electrons. The normalized spacial score (nSPS) is 15.3. The van der Waals surface area contributed by atoms with Crippen molar-refractivity contribution in [2.45, 2.75) is 0 Å². The molecule has 1 aliphatic rings. The highest BCUT2D eigenvalue weighted by molar-refractivity contribution is 9.10. The average Bonchev–Trinajstić information content (AvgIpc) is 3.20. The standard InChI is InChI=1S/C20H11BrN4O6/c21-16-8-11(25(29)30)3-5-14(16)17-6-4-13(31-17)9-15-18(26)23-20(28)24(19(15)27)12-2-1-7-22-10-12/h1-10H,(H,23,26,28)/b15-9-. The molecule has 0 saturated carbocycles. The molecule has 2 aromatic heterocycles. The molecule has 1 aliphatic heterocycles. The number of anilines is 1. The SMILES string of the molecule is O=C1NC(=O)N(c2cccnc2)C(=O)/C1=C\c1ccc(-c2ccc([N+](=O)[O-])cc2Br)o1. The van der Waals surface area contributed by atoms with Gasteiger partial charge in [-0.25, -0.2) is 9.69 Å². The van der Waals surface area contributed by atoms with Crippen LogP contribution < -0.4 is 10.2 Å². The van der Waals surface area contributed by atoms with E-state index in [0.29, 0.717) is 15.8 Å². The first kappa shape index (κ1) is 20.2. The number of carbonyl (C=O) groups is 3. The maximum atomic E-state index is 12.8. The molecule has 0 radical (unpaired) electrons. The van der Waals surface area contributed by atoms with Gasteiger partial charge in [0.05, 0.1) is 16.8 Å². The zero-order valence-corrected chi connectivity index (χ0v) is 17.0. The Kier molecular flexibility index (Phi) is 5.17. The van der Waals surface area contributed by atoms with Crippen molar-refractivity contribution in [2.75, 3.05) is 4.90 Å². The van der Waals surface area contributed by atoms with Crippen LogP contribution in [0.3, 0.4) is 0 Å². The molecule has 31 heavy (non-hydrogen) atoms. The monoisotopic (exact) mass is 482 g/mol. The fourth-order valence-corrected chi connectivity index (χ4v) is 3.47. The number of halogens is 1. The molecule has 1 fully saturated rings. The highest BCUT2D eigenvalue weighted by atomic mass is 79.9. The fraction of sp³-hybridized carbons (Fsp3) is 0. The summed E-state index contributed by atoms with van der Waals surface area (Å²) in [7, 11) is 0. The van der Waals surface area contributed by atoms with Crippen LogP contribution >= 0.6 is 15.9 Å². The largest absolute Gasteiger partial charge is 0.457 e. The summed E-state index contributed by atoms with van der Waals surface area (Å²) >= 11 is 3.27. The third-order valence-corrected chi connectivity index (χ3v) is 5.00. The van der Waals surface area contributed by atoms with E-state index < -0.39 is 22.8 Å². The van der Waals surface area contributed by atoms with Gasteiger partial charge in [0.1, 0.15) is 17.1 Å². The van der Waals surface area contributed by atoms with Gasteiger partial charge in [-0.05, 0) is 52.3 Å². The van der Waals surface area contributed by atoms with E-state index in [1.54, 1.807) is 12.1 Å². The van der Waals surface area contributed by atoms with E-state index in [-0.39, 0.29) is 22.7 Å². The van der Waals surface area contributed by atoms with Crippen LogP contribution in [0.15, 0.2) is 69.3 Å². The van der Waals surface area contributed by atoms with Crippen LogP contribution in [0.25, 0.3) is 17.4 Å². The lowest BCUT2D eigenvalue weighted by Crippen LogP contribution is -2.54. The number of hydrogen-bond donors (Lipinski definition) is 1. The summed E-state index contributed by atoms with van der Waals surface area (Å²) in [4.78, 5) is 52.3. The zero-order chi connectivity index (χ0) is 22.1. The number of aromatic nitrogens is 1. The van der Waals surface area contributed by atoms with Crippen LogP contribution in [-0.2, 0) is 9.59 Å². The summed E-state index contributed by atoms with van der Waals surface area (Å²) in [5, 5.41) is 13.0. The Labute approximate surface area is 182 Å². The maximum Gasteiger partial charge on any atom is 0.336 e. The molecule has 0 spiro atoms. The van der Waals surface area contributed by atoms with E-state index in [4.69, 9.17) is 4.42 Å². The van der Waals surface area contributed by atoms with E-state index in [1.165, 1.54) is 48.8 Å². The van der Waals surface area contributed by atoms with Crippen molar-refractivity contribution in [1.29, 1.82) is 0 Å².